The number of alkyl halides is 3. The van der Waals surface area contributed by atoms with Crippen LogP contribution in [0.2, 0.25) is 0 Å². The molecule has 0 aliphatic heterocycles. The van der Waals surface area contributed by atoms with Crippen LogP contribution >= 0.6 is 0 Å². The highest BCUT2D eigenvalue weighted by Crippen LogP contribution is 2.29. The number of unbranched alkanes of at least 4 members (excludes halogenated alkanes) is 1. The SMILES string of the molecule is CCCC[C@H](NCc1cnn(-c2ccc(C(F)(F)F)cc2)c1)C(=O)O. The van der Waals surface area contributed by atoms with Crippen LogP contribution in [-0.2, 0) is 17.5 Å². The maximum Gasteiger partial charge on any atom is 0.416 e. The van der Waals surface area contributed by atoms with Gasteiger partial charge < -0.3 is 10.4 Å². The molecule has 2 rings (SSSR count). The molecule has 2 N–H and O–H groups in total. The van der Waals surface area contributed by atoms with Gasteiger partial charge in [-0.1, -0.05) is 19.8 Å². The van der Waals surface area contributed by atoms with Gasteiger partial charge in [-0.2, -0.15) is 18.3 Å². The Labute approximate surface area is 143 Å². The predicted molar refractivity (Wildman–Crippen MR) is 86.4 cm³/mol. The second-order valence-electron chi connectivity index (χ2n) is 5.75. The second-order valence-corrected chi connectivity index (χ2v) is 5.75. The Bertz CT molecular complexity index is 696. The van der Waals surface area contributed by atoms with E-state index in [0.29, 0.717) is 18.7 Å². The van der Waals surface area contributed by atoms with Crippen molar-refractivity contribution >= 4 is 5.97 Å². The van der Waals surface area contributed by atoms with E-state index in [-0.39, 0.29) is 0 Å². The van der Waals surface area contributed by atoms with Crippen molar-refractivity contribution in [1.82, 2.24) is 15.1 Å². The monoisotopic (exact) mass is 355 g/mol. The molecule has 25 heavy (non-hydrogen) atoms. The molecule has 136 valence electrons. The van der Waals surface area contributed by atoms with E-state index < -0.39 is 23.8 Å². The minimum absolute atomic E-state index is 0.321. The molecule has 1 aromatic heterocycles. The summed E-state index contributed by atoms with van der Waals surface area (Å²) in [5.41, 5.74) is 0.535. The lowest BCUT2D eigenvalue weighted by Crippen LogP contribution is -2.36. The molecule has 1 heterocycles. The second kappa shape index (κ2) is 8.15. The van der Waals surface area contributed by atoms with Gasteiger partial charge in [0.25, 0.3) is 0 Å². The average Bonchev–Trinajstić information content (AvgIpc) is 3.03. The molecule has 0 spiro atoms. The fourth-order valence-electron chi connectivity index (χ4n) is 2.36. The first-order valence-electron chi connectivity index (χ1n) is 7.98. The van der Waals surface area contributed by atoms with Crippen molar-refractivity contribution < 1.29 is 23.1 Å². The van der Waals surface area contributed by atoms with Gasteiger partial charge in [0.2, 0.25) is 0 Å². The molecule has 0 radical (unpaired) electrons. The molecule has 2 aromatic rings. The van der Waals surface area contributed by atoms with E-state index in [0.717, 1.165) is 30.5 Å². The number of aliphatic carboxylic acids is 1. The molecule has 0 unspecified atom stereocenters. The van der Waals surface area contributed by atoms with E-state index >= 15 is 0 Å². The van der Waals surface area contributed by atoms with Gasteiger partial charge in [0.1, 0.15) is 6.04 Å². The van der Waals surface area contributed by atoms with E-state index in [2.05, 4.69) is 10.4 Å². The average molecular weight is 355 g/mol. The lowest BCUT2D eigenvalue weighted by Gasteiger charge is -2.13. The summed E-state index contributed by atoms with van der Waals surface area (Å²) >= 11 is 0. The van der Waals surface area contributed by atoms with Crippen molar-refractivity contribution in [3.63, 3.8) is 0 Å². The van der Waals surface area contributed by atoms with Crippen LogP contribution in [0.15, 0.2) is 36.7 Å². The first-order valence-corrected chi connectivity index (χ1v) is 7.98. The molecule has 0 aliphatic rings. The van der Waals surface area contributed by atoms with E-state index in [1.165, 1.54) is 16.8 Å². The Hall–Kier alpha value is -2.35. The summed E-state index contributed by atoms with van der Waals surface area (Å²) in [5, 5.41) is 16.3. The van der Waals surface area contributed by atoms with E-state index in [4.69, 9.17) is 0 Å². The smallest absolute Gasteiger partial charge is 0.416 e. The van der Waals surface area contributed by atoms with Gasteiger partial charge in [-0.25, -0.2) is 4.68 Å². The minimum atomic E-state index is -4.37. The number of nitrogens with one attached hydrogen (secondary N) is 1. The van der Waals surface area contributed by atoms with Gasteiger partial charge >= 0.3 is 12.1 Å². The Balaban J connectivity index is 2.01. The number of halogens is 3. The molecule has 8 heteroatoms. The van der Waals surface area contributed by atoms with Gasteiger partial charge in [-0.3, -0.25) is 4.79 Å². The fourth-order valence-corrected chi connectivity index (χ4v) is 2.36. The Kier molecular flexibility index (Phi) is 6.19. The van der Waals surface area contributed by atoms with Crippen molar-refractivity contribution in [2.45, 2.75) is 44.9 Å². The van der Waals surface area contributed by atoms with Crippen LogP contribution in [0.5, 0.6) is 0 Å². The predicted octanol–water partition coefficient (Wildman–Crippen LogP) is 3.62. The number of carboxylic acids is 1. The summed E-state index contributed by atoms with van der Waals surface area (Å²) < 4.78 is 39.2. The number of aromatic nitrogens is 2. The van der Waals surface area contributed by atoms with Crippen molar-refractivity contribution in [2.75, 3.05) is 0 Å². The van der Waals surface area contributed by atoms with Gasteiger partial charge in [0.15, 0.2) is 0 Å². The zero-order valence-corrected chi connectivity index (χ0v) is 13.8. The number of nitrogens with zero attached hydrogens (tertiary/aromatic N) is 2. The van der Waals surface area contributed by atoms with Crippen LogP contribution in [0, 0.1) is 0 Å². The zero-order chi connectivity index (χ0) is 18.4. The summed E-state index contributed by atoms with van der Waals surface area (Å²) in [4.78, 5) is 11.2. The first kappa shape index (κ1) is 19.0. The standard InChI is InChI=1S/C17H20F3N3O2/c1-2-3-4-15(16(24)25)21-9-12-10-22-23(11-12)14-7-5-13(6-8-14)17(18,19)20/h5-8,10-11,15,21H,2-4,9H2,1H3,(H,24,25)/t15-/m0/s1. The van der Waals surface area contributed by atoms with Crippen molar-refractivity contribution in [2.24, 2.45) is 0 Å². The fraction of sp³-hybridized carbons (Fsp3) is 0.412. The molecule has 0 fully saturated rings. The highest BCUT2D eigenvalue weighted by Gasteiger charge is 2.30. The first-order chi connectivity index (χ1) is 11.8. The normalized spacial score (nSPS) is 13.0. The molecule has 5 nitrogen and oxygen atoms in total. The third kappa shape index (κ3) is 5.32. The third-order valence-corrected chi connectivity index (χ3v) is 3.79. The van der Waals surface area contributed by atoms with Crippen LogP contribution in [0.25, 0.3) is 5.69 Å². The van der Waals surface area contributed by atoms with Crippen LogP contribution < -0.4 is 5.32 Å². The Morgan fingerprint density at radius 3 is 2.56 bits per heavy atom. The van der Waals surface area contributed by atoms with Crippen molar-refractivity contribution in [3.05, 3.63) is 47.8 Å². The van der Waals surface area contributed by atoms with Gasteiger partial charge in [-0.15, -0.1) is 0 Å². The third-order valence-electron chi connectivity index (χ3n) is 3.79. The maximum absolute atomic E-state index is 12.6. The highest BCUT2D eigenvalue weighted by molar-refractivity contribution is 5.73. The summed E-state index contributed by atoms with van der Waals surface area (Å²) in [7, 11) is 0. The molecule has 0 bridgehead atoms. The van der Waals surface area contributed by atoms with Gasteiger partial charge in [0, 0.05) is 18.3 Å². The van der Waals surface area contributed by atoms with Crippen LogP contribution in [0.3, 0.4) is 0 Å². The molecule has 0 saturated carbocycles. The van der Waals surface area contributed by atoms with Crippen LogP contribution in [0.1, 0.15) is 37.3 Å². The maximum atomic E-state index is 12.6. The Morgan fingerprint density at radius 2 is 2.00 bits per heavy atom. The van der Waals surface area contributed by atoms with Crippen LogP contribution in [-0.4, -0.2) is 26.9 Å². The molecule has 1 aromatic carbocycles. The minimum Gasteiger partial charge on any atom is -0.480 e. The lowest BCUT2D eigenvalue weighted by molar-refractivity contribution is -0.140. The van der Waals surface area contributed by atoms with E-state index in [9.17, 15) is 23.1 Å². The van der Waals surface area contributed by atoms with Gasteiger partial charge in [0.05, 0.1) is 17.4 Å². The lowest BCUT2D eigenvalue weighted by atomic mass is 10.1. The summed E-state index contributed by atoms with van der Waals surface area (Å²) in [6.45, 7) is 2.31. The molecule has 1 atom stereocenters. The van der Waals surface area contributed by atoms with Crippen LogP contribution in [0.4, 0.5) is 13.2 Å². The van der Waals surface area contributed by atoms with E-state index in [1.54, 1.807) is 12.4 Å². The molecule has 0 saturated heterocycles. The molecule has 0 amide bonds. The van der Waals surface area contributed by atoms with E-state index in [1.807, 2.05) is 6.92 Å². The largest absolute Gasteiger partial charge is 0.480 e. The van der Waals surface area contributed by atoms with Gasteiger partial charge in [-0.05, 0) is 30.7 Å². The molecular weight excluding hydrogens is 335 g/mol. The van der Waals surface area contributed by atoms with Crippen molar-refractivity contribution in [3.8, 4) is 5.69 Å². The quantitative estimate of drug-likeness (QED) is 0.759. The highest BCUT2D eigenvalue weighted by atomic mass is 19.4. The Morgan fingerprint density at radius 1 is 1.32 bits per heavy atom. The summed E-state index contributed by atoms with van der Waals surface area (Å²) in [6.07, 6.45) is 1.12. The number of benzene rings is 1. The number of hydrogen-bond acceptors (Lipinski definition) is 3. The number of carbonyl (C=O) groups is 1. The number of carboxylic acid groups (broad SMARTS) is 1. The summed E-state index contributed by atoms with van der Waals surface area (Å²) in [6, 6.07) is 4.05. The molecular formula is C17H20F3N3O2. The van der Waals surface area contributed by atoms with Crippen molar-refractivity contribution in [1.29, 1.82) is 0 Å². The topological polar surface area (TPSA) is 67.2 Å². The zero-order valence-electron chi connectivity index (χ0n) is 13.8. The summed E-state index contributed by atoms with van der Waals surface area (Å²) in [5.74, 6) is -0.899. The molecule has 0 aliphatic carbocycles. The number of rotatable bonds is 8. The number of hydrogen-bond donors (Lipinski definition) is 2.